The number of amides is 1. The van der Waals surface area contributed by atoms with Crippen molar-refractivity contribution in [1.29, 1.82) is 0 Å². The maximum absolute atomic E-state index is 13.2. The molecule has 1 amide bonds. The first-order chi connectivity index (χ1) is 29.2. The lowest BCUT2D eigenvalue weighted by Crippen LogP contribution is -2.42. The van der Waals surface area contributed by atoms with Crippen LogP contribution in [-0.4, -0.2) is 86.5 Å². The van der Waals surface area contributed by atoms with Crippen molar-refractivity contribution < 1.29 is 56.9 Å². The molecule has 1 aromatic rings. The summed E-state index contributed by atoms with van der Waals surface area (Å²) in [5.74, 6) is -1.06. The number of nitrogens with one attached hydrogen (secondary N) is 1. The minimum Gasteiger partial charge on any atom is -0.494 e. The van der Waals surface area contributed by atoms with E-state index in [0.717, 1.165) is 44.9 Å². The topological polar surface area (TPSA) is 176 Å². The Hall–Kier alpha value is -2.54. The molecule has 0 aliphatic carbocycles. The Labute approximate surface area is 362 Å². The summed E-state index contributed by atoms with van der Waals surface area (Å²) < 4.78 is 43.1. The summed E-state index contributed by atoms with van der Waals surface area (Å²) >= 11 is 0. The molecule has 1 atom stereocenters. The minimum absolute atomic E-state index is 0.000181. The summed E-state index contributed by atoms with van der Waals surface area (Å²) in [7, 11) is -4.43. The van der Waals surface area contributed by atoms with Crippen molar-refractivity contribution in [1.82, 2.24) is 5.32 Å². The van der Waals surface area contributed by atoms with E-state index in [9.17, 15) is 18.9 Å². The van der Waals surface area contributed by atoms with Crippen LogP contribution < -0.4 is 10.1 Å². The summed E-state index contributed by atoms with van der Waals surface area (Å²) in [6.45, 7) is 6.85. The number of carbonyl (C=O) groups excluding carboxylic acids is 3. The summed E-state index contributed by atoms with van der Waals surface area (Å²) in [6, 6.07) is 5.45. The monoisotopic (exact) mass is 872 g/mol. The Morgan fingerprint density at radius 2 is 0.983 bits per heavy atom. The zero-order valence-corrected chi connectivity index (χ0v) is 38.2. The van der Waals surface area contributed by atoms with Crippen molar-refractivity contribution in [2.75, 3.05) is 52.9 Å². The molecule has 0 aromatic heterocycles. The lowest BCUT2D eigenvalue weighted by Gasteiger charge is -2.18. The maximum atomic E-state index is 13.2. The second kappa shape index (κ2) is 39.3. The predicted octanol–water partition coefficient (Wildman–Crippen LogP) is 10.6. The number of rotatable bonds is 43. The van der Waals surface area contributed by atoms with Crippen molar-refractivity contribution in [3.05, 3.63) is 29.8 Å². The number of carbonyl (C=O) groups is 3. The van der Waals surface area contributed by atoms with Gasteiger partial charge < -0.3 is 38.8 Å². The molecule has 0 saturated carbocycles. The Balaban J connectivity index is 2.45. The Morgan fingerprint density at radius 3 is 1.47 bits per heavy atom. The number of benzene rings is 1. The van der Waals surface area contributed by atoms with Gasteiger partial charge in [-0.2, -0.15) is 0 Å². The molecule has 0 bridgehead atoms. The van der Waals surface area contributed by atoms with E-state index in [4.69, 9.17) is 33.5 Å². The summed E-state index contributed by atoms with van der Waals surface area (Å²) in [6.07, 6.45) is 27.6. The first-order valence-corrected chi connectivity index (χ1v) is 24.9. The number of esters is 2. The quantitative estimate of drug-likeness (QED) is 0.0322. The van der Waals surface area contributed by atoms with Gasteiger partial charge in [-0.05, 0) is 62.8 Å². The fraction of sp³-hybridized carbons (Fsp3) is 0.804. The van der Waals surface area contributed by atoms with Gasteiger partial charge in [0.05, 0.1) is 26.4 Å². The molecular formula is C46H82NO12P. The highest BCUT2D eigenvalue weighted by Gasteiger charge is 2.24. The summed E-state index contributed by atoms with van der Waals surface area (Å²) in [5, 5.41) is 2.73. The molecule has 0 radical (unpaired) electrons. The molecule has 1 aromatic carbocycles. The Bertz CT molecular complexity index is 1230. The third-order valence-corrected chi connectivity index (χ3v) is 10.7. The van der Waals surface area contributed by atoms with Gasteiger partial charge in [-0.3, -0.25) is 14.1 Å². The first kappa shape index (κ1) is 55.5. The largest absolute Gasteiger partial charge is 0.494 e. The van der Waals surface area contributed by atoms with Crippen LogP contribution in [0.15, 0.2) is 24.3 Å². The van der Waals surface area contributed by atoms with E-state index in [1.54, 1.807) is 24.3 Å². The minimum atomic E-state index is -4.43. The Kier molecular flexibility index (Phi) is 36.4. The van der Waals surface area contributed by atoms with Gasteiger partial charge in [-0.15, -0.1) is 0 Å². The molecule has 0 fully saturated rings. The number of ether oxygens (including phenoxy) is 5. The molecule has 3 N–H and O–H groups in total. The lowest BCUT2D eigenvalue weighted by molar-refractivity contribution is -0.149. The van der Waals surface area contributed by atoms with Gasteiger partial charge in [0, 0.05) is 25.2 Å². The van der Waals surface area contributed by atoms with Gasteiger partial charge in [0.2, 0.25) is 0 Å². The number of hydrogen-bond acceptors (Lipinski definition) is 10. The van der Waals surface area contributed by atoms with E-state index in [1.807, 2.05) is 0 Å². The molecule has 14 heteroatoms. The summed E-state index contributed by atoms with van der Waals surface area (Å²) in [4.78, 5) is 56.4. The van der Waals surface area contributed by atoms with Crippen molar-refractivity contribution in [2.24, 2.45) is 0 Å². The standard InChI is InChI=1S/C46H82NO12P/c1-3-5-7-9-11-13-15-17-19-23-33-54-37-39-57-44(48)32-31-43(46(50)58-40-38-55-34-24-20-18-16-14-12-10-8-6-4-2)47-45(49)41-27-29-42(30-28-41)56-35-25-21-22-26-36-59-60(51,52)53/h27-30,43H,3-26,31-40H2,1-2H3,(H,47,49)(H2,51,52,53). The average molecular weight is 872 g/mol. The van der Waals surface area contributed by atoms with Crippen LogP contribution in [0.2, 0.25) is 0 Å². The number of hydrogen-bond donors (Lipinski definition) is 3. The molecule has 13 nitrogen and oxygen atoms in total. The maximum Gasteiger partial charge on any atom is 0.469 e. The summed E-state index contributed by atoms with van der Waals surface area (Å²) in [5.41, 5.74) is 0.312. The van der Waals surface area contributed by atoms with Gasteiger partial charge in [0.1, 0.15) is 25.0 Å². The fourth-order valence-electron chi connectivity index (χ4n) is 6.56. The van der Waals surface area contributed by atoms with Gasteiger partial charge in [-0.1, -0.05) is 136 Å². The van der Waals surface area contributed by atoms with Crippen LogP contribution >= 0.6 is 7.82 Å². The second-order valence-corrected chi connectivity index (χ2v) is 16.9. The van der Waals surface area contributed by atoms with Crippen molar-refractivity contribution >= 4 is 25.7 Å². The van der Waals surface area contributed by atoms with E-state index in [1.165, 1.54) is 103 Å². The zero-order chi connectivity index (χ0) is 43.8. The van der Waals surface area contributed by atoms with Crippen molar-refractivity contribution in [2.45, 2.75) is 187 Å². The van der Waals surface area contributed by atoms with E-state index in [2.05, 4.69) is 23.7 Å². The fourth-order valence-corrected chi connectivity index (χ4v) is 6.93. The molecular weight excluding hydrogens is 789 g/mol. The lowest BCUT2D eigenvalue weighted by atomic mass is 10.1. The number of phosphoric ester groups is 1. The van der Waals surface area contributed by atoms with Gasteiger partial charge in [0.15, 0.2) is 0 Å². The van der Waals surface area contributed by atoms with Crippen LogP contribution in [0.4, 0.5) is 0 Å². The number of phosphoric acid groups is 1. The van der Waals surface area contributed by atoms with Crippen LogP contribution in [0, 0.1) is 0 Å². The smallest absolute Gasteiger partial charge is 0.469 e. The van der Waals surface area contributed by atoms with Crippen LogP contribution in [0.25, 0.3) is 0 Å². The molecule has 0 heterocycles. The van der Waals surface area contributed by atoms with Crippen molar-refractivity contribution in [3.63, 3.8) is 0 Å². The normalized spacial score (nSPS) is 12.0. The molecule has 0 aliphatic heterocycles. The molecule has 60 heavy (non-hydrogen) atoms. The van der Waals surface area contributed by atoms with E-state index in [-0.39, 0.29) is 39.3 Å². The molecule has 1 rings (SSSR count). The average Bonchev–Trinajstić information content (AvgIpc) is 3.23. The third-order valence-electron chi connectivity index (χ3n) is 10.2. The zero-order valence-electron chi connectivity index (χ0n) is 37.4. The van der Waals surface area contributed by atoms with Crippen molar-refractivity contribution in [3.8, 4) is 5.75 Å². The molecule has 1 unspecified atom stereocenters. The third kappa shape index (κ3) is 35.1. The van der Waals surface area contributed by atoms with Gasteiger partial charge >= 0.3 is 19.8 Å². The van der Waals surface area contributed by atoms with E-state index >= 15 is 0 Å². The van der Waals surface area contributed by atoms with Crippen LogP contribution in [0.5, 0.6) is 5.75 Å². The highest BCUT2D eigenvalue weighted by Crippen LogP contribution is 2.35. The second-order valence-electron chi connectivity index (χ2n) is 15.7. The van der Waals surface area contributed by atoms with Gasteiger partial charge in [-0.25, -0.2) is 9.36 Å². The first-order valence-electron chi connectivity index (χ1n) is 23.4. The molecule has 0 saturated heterocycles. The molecule has 0 aliphatic rings. The van der Waals surface area contributed by atoms with Crippen LogP contribution in [0.3, 0.4) is 0 Å². The SMILES string of the molecule is CCCCCCCCCCCCOCCOC(=O)CCC(NC(=O)c1ccc(OCCCCCCOP(=O)(O)O)cc1)C(=O)OCCOCCCCCCCCCCCC. The van der Waals surface area contributed by atoms with E-state index < -0.39 is 31.7 Å². The highest BCUT2D eigenvalue weighted by atomic mass is 31.2. The molecule has 0 spiro atoms. The van der Waals surface area contributed by atoms with Crippen LogP contribution in [-0.2, 0) is 37.6 Å². The highest BCUT2D eigenvalue weighted by molar-refractivity contribution is 7.46. The Morgan fingerprint density at radius 1 is 0.550 bits per heavy atom. The predicted molar refractivity (Wildman–Crippen MR) is 236 cm³/mol. The number of unbranched alkanes of at least 4 members (excludes halogenated alkanes) is 21. The van der Waals surface area contributed by atoms with Crippen LogP contribution in [0.1, 0.15) is 191 Å². The van der Waals surface area contributed by atoms with Gasteiger partial charge in [0.25, 0.3) is 5.91 Å². The molecule has 348 valence electrons. The van der Waals surface area contributed by atoms with E-state index in [0.29, 0.717) is 44.2 Å².